The molecule has 0 saturated heterocycles. The molecule has 0 aliphatic heterocycles. The van der Waals surface area contributed by atoms with Crippen LogP contribution in [0.3, 0.4) is 0 Å². The molecule has 0 atom stereocenters. The number of aromatic nitrogens is 2. The average Bonchev–Trinajstić information content (AvgIpc) is 2.69. The van der Waals surface area contributed by atoms with Gasteiger partial charge in [-0.3, -0.25) is 4.79 Å². The molecule has 0 saturated carbocycles. The third-order valence-corrected chi connectivity index (χ3v) is 4.14. The van der Waals surface area contributed by atoms with E-state index < -0.39 is 0 Å². The molecule has 0 aliphatic rings. The van der Waals surface area contributed by atoms with Gasteiger partial charge in [-0.25, -0.2) is 9.97 Å². The van der Waals surface area contributed by atoms with Crippen molar-refractivity contribution in [3.63, 3.8) is 0 Å². The number of nitrogens with one attached hydrogen (secondary N) is 2. The first-order valence-electron chi connectivity index (χ1n) is 8.72. The zero-order chi connectivity index (χ0) is 20.1. The summed E-state index contributed by atoms with van der Waals surface area (Å²) in [5.74, 6) is 1.95. The Bertz CT molecular complexity index is 1000. The van der Waals surface area contributed by atoms with Crippen LogP contribution in [0.2, 0.25) is 0 Å². The number of benzene rings is 2. The maximum atomic E-state index is 12.7. The summed E-state index contributed by atoms with van der Waals surface area (Å²) in [6.45, 7) is 3.67. The Labute approximate surface area is 163 Å². The van der Waals surface area contributed by atoms with Gasteiger partial charge in [-0.1, -0.05) is 18.2 Å². The van der Waals surface area contributed by atoms with Crippen molar-refractivity contribution in [3.05, 3.63) is 65.6 Å². The van der Waals surface area contributed by atoms with Gasteiger partial charge in [0.05, 0.1) is 19.9 Å². The molecule has 2 N–H and O–H groups in total. The van der Waals surface area contributed by atoms with Crippen molar-refractivity contribution in [3.8, 4) is 11.5 Å². The summed E-state index contributed by atoms with van der Waals surface area (Å²) in [4.78, 5) is 21.3. The molecule has 0 radical (unpaired) electrons. The molecule has 28 heavy (non-hydrogen) atoms. The first kappa shape index (κ1) is 19.2. The largest absolute Gasteiger partial charge is 0.497 e. The number of amides is 1. The second kappa shape index (κ2) is 8.39. The average molecular weight is 378 g/mol. The molecule has 7 heteroatoms. The van der Waals surface area contributed by atoms with E-state index in [1.165, 1.54) is 0 Å². The summed E-state index contributed by atoms with van der Waals surface area (Å²) >= 11 is 0. The Morgan fingerprint density at radius 3 is 2.43 bits per heavy atom. The molecule has 0 bridgehead atoms. The lowest BCUT2D eigenvalue weighted by Gasteiger charge is -2.13. The van der Waals surface area contributed by atoms with Crippen molar-refractivity contribution in [1.82, 2.24) is 9.97 Å². The molecule has 0 spiro atoms. The number of aryl methyl sites for hydroxylation is 2. The van der Waals surface area contributed by atoms with Gasteiger partial charge in [-0.2, -0.15) is 0 Å². The SMILES string of the molecule is COc1ccc(Nc2cc(C(=O)Nc3ccccc3C)nc(C)n2)c(OC)c1. The van der Waals surface area contributed by atoms with Crippen molar-refractivity contribution in [2.24, 2.45) is 0 Å². The van der Waals surface area contributed by atoms with Gasteiger partial charge < -0.3 is 20.1 Å². The highest BCUT2D eigenvalue weighted by molar-refractivity contribution is 6.03. The van der Waals surface area contributed by atoms with E-state index in [0.29, 0.717) is 28.8 Å². The van der Waals surface area contributed by atoms with E-state index in [1.807, 2.05) is 43.3 Å². The normalized spacial score (nSPS) is 10.3. The number of methoxy groups -OCH3 is 2. The van der Waals surface area contributed by atoms with Gasteiger partial charge in [0, 0.05) is 17.8 Å². The third-order valence-electron chi connectivity index (χ3n) is 4.14. The van der Waals surface area contributed by atoms with Crippen LogP contribution in [0.5, 0.6) is 11.5 Å². The van der Waals surface area contributed by atoms with Crippen molar-refractivity contribution >= 4 is 23.1 Å². The van der Waals surface area contributed by atoms with Crippen LogP contribution in [0.25, 0.3) is 0 Å². The Morgan fingerprint density at radius 2 is 1.71 bits per heavy atom. The van der Waals surface area contributed by atoms with Gasteiger partial charge in [0.15, 0.2) is 0 Å². The topological polar surface area (TPSA) is 85.4 Å². The van der Waals surface area contributed by atoms with Gasteiger partial charge in [0.2, 0.25) is 0 Å². The minimum atomic E-state index is -0.301. The third kappa shape index (κ3) is 4.37. The molecular formula is C21H22N4O3. The van der Waals surface area contributed by atoms with Crippen molar-refractivity contribution < 1.29 is 14.3 Å². The van der Waals surface area contributed by atoms with E-state index in [9.17, 15) is 4.79 Å². The Kier molecular flexibility index (Phi) is 5.74. The Hall–Kier alpha value is -3.61. The number of hydrogen-bond acceptors (Lipinski definition) is 6. The fraction of sp³-hybridized carbons (Fsp3) is 0.190. The Morgan fingerprint density at radius 1 is 0.929 bits per heavy atom. The highest BCUT2D eigenvalue weighted by Crippen LogP contribution is 2.31. The predicted molar refractivity (Wildman–Crippen MR) is 109 cm³/mol. The number of nitrogens with zero attached hydrogens (tertiary/aromatic N) is 2. The van der Waals surface area contributed by atoms with Gasteiger partial charge >= 0.3 is 0 Å². The van der Waals surface area contributed by atoms with Crippen LogP contribution in [-0.2, 0) is 0 Å². The highest BCUT2D eigenvalue weighted by Gasteiger charge is 2.13. The number of rotatable bonds is 6. The molecule has 0 aliphatic carbocycles. The molecule has 144 valence electrons. The first-order valence-corrected chi connectivity index (χ1v) is 8.72. The summed E-state index contributed by atoms with van der Waals surface area (Å²) in [5.41, 5.74) is 2.69. The van der Waals surface area contributed by atoms with Crippen molar-refractivity contribution in [2.45, 2.75) is 13.8 Å². The first-order chi connectivity index (χ1) is 13.5. The monoisotopic (exact) mass is 378 g/mol. The van der Waals surface area contributed by atoms with E-state index in [1.54, 1.807) is 33.3 Å². The molecule has 7 nitrogen and oxygen atoms in total. The minimum absolute atomic E-state index is 0.269. The van der Waals surface area contributed by atoms with Gasteiger partial charge in [-0.05, 0) is 37.6 Å². The van der Waals surface area contributed by atoms with E-state index in [4.69, 9.17) is 9.47 Å². The molecule has 1 amide bonds. The summed E-state index contributed by atoms with van der Waals surface area (Å²) in [6, 6.07) is 14.6. The van der Waals surface area contributed by atoms with E-state index >= 15 is 0 Å². The van der Waals surface area contributed by atoms with Crippen LogP contribution in [0.1, 0.15) is 21.9 Å². The van der Waals surface area contributed by atoms with E-state index in [2.05, 4.69) is 20.6 Å². The fourth-order valence-electron chi connectivity index (χ4n) is 2.69. The summed E-state index contributed by atoms with van der Waals surface area (Å²) < 4.78 is 10.6. The van der Waals surface area contributed by atoms with Crippen LogP contribution in [0.4, 0.5) is 17.2 Å². The highest BCUT2D eigenvalue weighted by atomic mass is 16.5. The second-order valence-corrected chi connectivity index (χ2v) is 6.15. The number of hydrogen-bond donors (Lipinski definition) is 2. The maximum absolute atomic E-state index is 12.7. The van der Waals surface area contributed by atoms with E-state index in [-0.39, 0.29) is 11.6 Å². The van der Waals surface area contributed by atoms with Crippen molar-refractivity contribution in [2.75, 3.05) is 24.9 Å². The van der Waals surface area contributed by atoms with Crippen LogP contribution in [0.15, 0.2) is 48.5 Å². The summed E-state index contributed by atoms with van der Waals surface area (Å²) in [5, 5.41) is 6.06. The maximum Gasteiger partial charge on any atom is 0.274 e. The number of carbonyl (C=O) groups is 1. The quantitative estimate of drug-likeness (QED) is 0.671. The van der Waals surface area contributed by atoms with Gasteiger partial charge in [-0.15, -0.1) is 0 Å². The van der Waals surface area contributed by atoms with Crippen LogP contribution in [0, 0.1) is 13.8 Å². The molecule has 1 heterocycles. The number of ether oxygens (including phenoxy) is 2. The zero-order valence-corrected chi connectivity index (χ0v) is 16.2. The summed E-state index contributed by atoms with van der Waals surface area (Å²) in [7, 11) is 3.17. The molecule has 3 aromatic rings. The molecular weight excluding hydrogens is 356 g/mol. The predicted octanol–water partition coefficient (Wildman–Crippen LogP) is 4.11. The van der Waals surface area contributed by atoms with Crippen LogP contribution >= 0.6 is 0 Å². The lowest BCUT2D eigenvalue weighted by molar-refractivity contribution is 0.102. The minimum Gasteiger partial charge on any atom is -0.497 e. The smallest absolute Gasteiger partial charge is 0.274 e. The molecule has 0 fully saturated rings. The summed E-state index contributed by atoms with van der Waals surface area (Å²) in [6.07, 6.45) is 0. The lowest BCUT2D eigenvalue weighted by atomic mass is 10.2. The van der Waals surface area contributed by atoms with Crippen LogP contribution < -0.4 is 20.1 Å². The van der Waals surface area contributed by atoms with Gasteiger partial charge in [0.1, 0.15) is 28.8 Å². The number of para-hydroxylation sites is 1. The molecule has 1 aromatic heterocycles. The number of carbonyl (C=O) groups excluding carboxylic acids is 1. The fourth-order valence-corrected chi connectivity index (χ4v) is 2.69. The van der Waals surface area contributed by atoms with E-state index in [0.717, 1.165) is 11.3 Å². The molecule has 0 unspecified atom stereocenters. The lowest BCUT2D eigenvalue weighted by Crippen LogP contribution is -2.16. The molecule has 2 aromatic carbocycles. The molecule has 3 rings (SSSR count). The Balaban J connectivity index is 1.86. The second-order valence-electron chi connectivity index (χ2n) is 6.15. The number of anilines is 3. The standard InChI is InChI=1S/C21H22N4O3/c1-13-7-5-6-8-16(13)25-21(26)18-12-20(23-14(2)22-18)24-17-10-9-15(27-3)11-19(17)28-4/h5-12H,1-4H3,(H,25,26)(H,22,23,24). The van der Waals surface area contributed by atoms with Crippen molar-refractivity contribution in [1.29, 1.82) is 0 Å². The van der Waals surface area contributed by atoms with Crippen LogP contribution in [-0.4, -0.2) is 30.1 Å². The van der Waals surface area contributed by atoms with Gasteiger partial charge in [0.25, 0.3) is 5.91 Å². The zero-order valence-electron chi connectivity index (χ0n) is 16.2.